The molecule has 0 radical (unpaired) electrons. The largest absolute Gasteiger partial charge is 0.406 e. The van der Waals surface area contributed by atoms with Gasteiger partial charge in [0.1, 0.15) is 6.54 Å². The number of hydrogen-bond donors (Lipinski definition) is 1. The molecule has 0 aliphatic heterocycles. The van der Waals surface area contributed by atoms with Crippen LogP contribution in [-0.2, 0) is 0 Å². The van der Waals surface area contributed by atoms with Gasteiger partial charge in [-0.2, -0.15) is 13.2 Å². The Kier molecular flexibility index (Phi) is 4.44. The van der Waals surface area contributed by atoms with Crippen LogP contribution in [0, 0.1) is 0 Å². The van der Waals surface area contributed by atoms with Crippen molar-refractivity contribution in [2.24, 2.45) is 0 Å². The molecule has 1 aliphatic rings. The van der Waals surface area contributed by atoms with Gasteiger partial charge in [-0.3, -0.25) is 4.79 Å². The third kappa shape index (κ3) is 4.37. The summed E-state index contributed by atoms with van der Waals surface area (Å²) in [6, 6.07) is 6.51. The third-order valence-corrected chi connectivity index (χ3v) is 3.20. The molecule has 0 unspecified atom stereocenters. The lowest BCUT2D eigenvalue weighted by molar-refractivity contribution is -0.141. The molecule has 6 heteroatoms. The Morgan fingerprint density at radius 3 is 2.48 bits per heavy atom. The molecule has 0 aromatic heterocycles. The van der Waals surface area contributed by atoms with E-state index in [1.807, 2.05) is 13.8 Å². The van der Waals surface area contributed by atoms with Crippen molar-refractivity contribution < 1.29 is 18.0 Å². The standard InChI is InChI=1S/C15H19F3N2O/c1-10(2)19-13-6-4-3-5-12(13)14(21)20(11-7-8-11)9-15(16,17)18/h3-6,10-11,19H,7-9H2,1-2H3. The fourth-order valence-corrected chi connectivity index (χ4v) is 2.21. The third-order valence-electron chi connectivity index (χ3n) is 3.20. The molecule has 1 amide bonds. The normalized spacial score (nSPS) is 15.1. The molecule has 3 nitrogen and oxygen atoms in total. The Labute approximate surface area is 122 Å². The van der Waals surface area contributed by atoms with Gasteiger partial charge in [0.2, 0.25) is 0 Å². The average Bonchev–Trinajstić information content (AvgIpc) is 3.18. The molecule has 0 heterocycles. The number of anilines is 1. The van der Waals surface area contributed by atoms with Crippen molar-refractivity contribution >= 4 is 11.6 Å². The van der Waals surface area contributed by atoms with Gasteiger partial charge in [-0.25, -0.2) is 0 Å². The average molecular weight is 300 g/mol. The lowest BCUT2D eigenvalue weighted by Gasteiger charge is -2.25. The highest BCUT2D eigenvalue weighted by molar-refractivity contribution is 6.00. The SMILES string of the molecule is CC(C)Nc1ccccc1C(=O)N(CC(F)(F)F)C1CC1. The number of carbonyl (C=O) groups is 1. The number of alkyl halides is 3. The maximum atomic E-state index is 12.7. The predicted octanol–water partition coefficient (Wildman–Crippen LogP) is 3.67. The van der Waals surface area contributed by atoms with E-state index >= 15 is 0 Å². The van der Waals surface area contributed by atoms with Gasteiger partial charge in [0, 0.05) is 17.8 Å². The van der Waals surface area contributed by atoms with Gasteiger partial charge in [-0.05, 0) is 38.8 Å². The summed E-state index contributed by atoms with van der Waals surface area (Å²) < 4.78 is 38.0. The van der Waals surface area contributed by atoms with Gasteiger partial charge in [-0.15, -0.1) is 0 Å². The van der Waals surface area contributed by atoms with Crippen LogP contribution in [0.1, 0.15) is 37.0 Å². The van der Waals surface area contributed by atoms with Gasteiger partial charge in [-0.1, -0.05) is 12.1 Å². The topological polar surface area (TPSA) is 32.3 Å². The maximum Gasteiger partial charge on any atom is 0.406 e. The predicted molar refractivity (Wildman–Crippen MR) is 75.3 cm³/mol. The van der Waals surface area contributed by atoms with Crippen LogP contribution in [0.5, 0.6) is 0 Å². The summed E-state index contributed by atoms with van der Waals surface area (Å²) in [5.74, 6) is -0.557. The summed E-state index contributed by atoms with van der Waals surface area (Å²) in [6.45, 7) is 2.64. The van der Waals surface area contributed by atoms with Gasteiger partial charge in [0.05, 0.1) is 5.56 Å². The van der Waals surface area contributed by atoms with Crippen molar-refractivity contribution in [3.63, 3.8) is 0 Å². The fraction of sp³-hybridized carbons (Fsp3) is 0.533. The second-order valence-corrected chi connectivity index (χ2v) is 5.62. The summed E-state index contributed by atoms with van der Waals surface area (Å²) in [5.41, 5.74) is 0.868. The highest BCUT2D eigenvalue weighted by Crippen LogP contribution is 2.32. The van der Waals surface area contributed by atoms with Crippen LogP contribution >= 0.6 is 0 Å². The molecule has 1 aromatic rings. The molecule has 1 saturated carbocycles. The molecule has 0 spiro atoms. The van der Waals surface area contributed by atoms with E-state index in [2.05, 4.69) is 5.32 Å². The minimum Gasteiger partial charge on any atom is -0.382 e. The molecule has 0 bridgehead atoms. The first kappa shape index (κ1) is 15.7. The Bertz CT molecular complexity index is 510. The van der Waals surface area contributed by atoms with E-state index in [9.17, 15) is 18.0 Å². The summed E-state index contributed by atoms with van der Waals surface area (Å²) in [5, 5.41) is 3.10. The number of rotatable bonds is 5. The molecule has 0 saturated heterocycles. The molecule has 2 rings (SSSR count). The molecule has 1 fully saturated rings. The number of nitrogens with one attached hydrogen (secondary N) is 1. The molecular weight excluding hydrogens is 281 g/mol. The van der Waals surface area contributed by atoms with Crippen LogP contribution in [-0.4, -0.2) is 35.6 Å². The van der Waals surface area contributed by atoms with Crippen LogP contribution in [0.2, 0.25) is 0 Å². The monoisotopic (exact) mass is 300 g/mol. The van der Waals surface area contributed by atoms with Gasteiger partial charge >= 0.3 is 6.18 Å². The fourth-order valence-electron chi connectivity index (χ4n) is 2.21. The zero-order valence-electron chi connectivity index (χ0n) is 12.1. The van der Waals surface area contributed by atoms with Gasteiger partial charge < -0.3 is 10.2 Å². The molecule has 1 N–H and O–H groups in total. The zero-order valence-corrected chi connectivity index (χ0v) is 12.1. The maximum absolute atomic E-state index is 12.7. The van der Waals surface area contributed by atoms with Gasteiger partial charge in [0.15, 0.2) is 0 Å². The van der Waals surface area contributed by atoms with E-state index in [0.717, 1.165) is 4.90 Å². The van der Waals surface area contributed by atoms with Crippen molar-refractivity contribution in [3.8, 4) is 0 Å². The molecule has 0 atom stereocenters. The quantitative estimate of drug-likeness (QED) is 0.900. The Morgan fingerprint density at radius 2 is 1.95 bits per heavy atom. The van der Waals surface area contributed by atoms with Crippen molar-refractivity contribution in [1.82, 2.24) is 4.90 Å². The number of halogens is 3. The Hall–Kier alpha value is -1.72. The van der Waals surface area contributed by atoms with E-state index in [0.29, 0.717) is 24.1 Å². The first-order valence-electron chi connectivity index (χ1n) is 7.01. The number of nitrogens with zero attached hydrogens (tertiary/aromatic N) is 1. The van der Waals surface area contributed by atoms with Crippen molar-refractivity contribution in [1.29, 1.82) is 0 Å². The molecule has 21 heavy (non-hydrogen) atoms. The number of amides is 1. The smallest absolute Gasteiger partial charge is 0.382 e. The van der Waals surface area contributed by atoms with Crippen LogP contribution in [0.3, 0.4) is 0 Å². The van der Waals surface area contributed by atoms with Gasteiger partial charge in [0.25, 0.3) is 5.91 Å². The second kappa shape index (κ2) is 5.95. The van der Waals surface area contributed by atoms with Crippen LogP contribution < -0.4 is 5.32 Å². The minimum absolute atomic E-state index is 0.0935. The zero-order chi connectivity index (χ0) is 15.6. The lowest BCUT2D eigenvalue weighted by Crippen LogP contribution is -2.40. The number of carbonyl (C=O) groups excluding carboxylic acids is 1. The van der Waals surface area contributed by atoms with E-state index in [-0.39, 0.29) is 12.1 Å². The minimum atomic E-state index is -4.38. The Balaban J connectivity index is 2.24. The summed E-state index contributed by atoms with van der Waals surface area (Å²) in [4.78, 5) is 13.4. The highest BCUT2D eigenvalue weighted by atomic mass is 19.4. The highest BCUT2D eigenvalue weighted by Gasteiger charge is 2.41. The summed E-state index contributed by atoms with van der Waals surface area (Å²) in [6.07, 6.45) is -3.10. The van der Waals surface area contributed by atoms with Crippen LogP contribution in [0.4, 0.5) is 18.9 Å². The molecule has 1 aromatic carbocycles. The van der Waals surface area contributed by atoms with Crippen molar-refractivity contribution in [2.75, 3.05) is 11.9 Å². The summed E-state index contributed by atoms with van der Waals surface area (Å²) in [7, 11) is 0. The molecule has 1 aliphatic carbocycles. The van der Waals surface area contributed by atoms with E-state index < -0.39 is 18.6 Å². The first-order valence-corrected chi connectivity index (χ1v) is 7.01. The van der Waals surface area contributed by atoms with Crippen molar-refractivity contribution in [2.45, 2.75) is 44.9 Å². The number of benzene rings is 1. The Morgan fingerprint density at radius 1 is 1.33 bits per heavy atom. The molecular formula is C15H19F3N2O. The van der Waals surface area contributed by atoms with Crippen molar-refractivity contribution in [3.05, 3.63) is 29.8 Å². The summed E-state index contributed by atoms with van der Waals surface area (Å²) >= 11 is 0. The molecule has 116 valence electrons. The van der Waals surface area contributed by atoms with Crippen LogP contribution in [0.25, 0.3) is 0 Å². The lowest BCUT2D eigenvalue weighted by atomic mass is 10.1. The van der Waals surface area contributed by atoms with Crippen LogP contribution in [0.15, 0.2) is 24.3 Å². The van der Waals surface area contributed by atoms with E-state index in [1.54, 1.807) is 24.3 Å². The van der Waals surface area contributed by atoms with E-state index in [1.165, 1.54) is 0 Å². The number of para-hydroxylation sites is 1. The van der Waals surface area contributed by atoms with E-state index in [4.69, 9.17) is 0 Å². The first-order chi connectivity index (χ1) is 9.78. The number of hydrogen-bond acceptors (Lipinski definition) is 2. The second-order valence-electron chi connectivity index (χ2n) is 5.62.